The molecular formula is C18H13F3N2O2S. The van der Waals surface area contributed by atoms with Gasteiger partial charge < -0.3 is 4.74 Å². The molecule has 0 aliphatic rings. The van der Waals surface area contributed by atoms with Crippen LogP contribution in [-0.4, -0.2) is 17.5 Å². The van der Waals surface area contributed by atoms with E-state index in [0.717, 1.165) is 17.4 Å². The number of aromatic nitrogens is 1. The summed E-state index contributed by atoms with van der Waals surface area (Å²) in [4.78, 5) is 16.4. The van der Waals surface area contributed by atoms with Crippen molar-refractivity contribution in [2.24, 2.45) is 0 Å². The fourth-order valence-corrected chi connectivity index (χ4v) is 2.94. The predicted octanol–water partition coefficient (Wildman–Crippen LogP) is 5.11. The Morgan fingerprint density at radius 3 is 2.73 bits per heavy atom. The number of nitrogens with one attached hydrogen (secondary N) is 1. The van der Waals surface area contributed by atoms with Gasteiger partial charge in [-0.2, -0.15) is 8.78 Å². The summed E-state index contributed by atoms with van der Waals surface area (Å²) in [5, 5.41) is 4.44. The molecular weight excluding hydrogens is 365 g/mol. The Hall–Kier alpha value is -2.87. The van der Waals surface area contributed by atoms with Crippen LogP contribution in [0.25, 0.3) is 11.3 Å². The third-order valence-electron chi connectivity index (χ3n) is 3.54. The zero-order chi connectivity index (χ0) is 18.7. The van der Waals surface area contributed by atoms with Crippen molar-refractivity contribution in [2.75, 3.05) is 5.32 Å². The topological polar surface area (TPSA) is 51.2 Å². The van der Waals surface area contributed by atoms with Crippen molar-refractivity contribution in [3.63, 3.8) is 0 Å². The molecule has 0 bridgehead atoms. The molecule has 1 aromatic heterocycles. The number of carbonyl (C=O) groups excluding carboxylic acids is 1. The van der Waals surface area contributed by atoms with Gasteiger partial charge in [-0.05, 0) is 36.8 Å². The van der Waals surface area contributed by atoms with Crippen molar-refractivity contribution in [2.45, 2.75) is 13.5 Å². The second kappa shape index (κ2) is 7.57. The summed E-state index contributed by atoms with van der Waals surface area (Å²) in [6.07, 6.45) is 0. The first-order chi connectivity index (χ1) is 12.4. The van der Waals surface area contributed by atoms with Gasteiger partial charge in [0, 0.05) is 16.5 Å². The van der Waals surface area contributed by atoms with Gasteiger partial charge in [-0.15, -0.1) is 11.3 Å². The average molecular weight is 378 g/mol. The standard InChI is InChI=1S/C18H13F3N2O2S/c1-10-6-7-11(8-13(10)19)16(24)23-18-22-14(9-26-18)12-4-2-3-5-15(12)25-17(20)21/h2-9,17H,1H3,(H,22,23,24). The maximum Gasteiger partial charge on any atom is 0.387 e. The minimum absolute atomic E-state index is 0.00807. The van der Waals surface area contributed by atoms with Gasteiger partial charge in [0.05, 0.1) is 5.69 Å². The number of para-hydroxylation sites is 1. The maximum absolute atomic E-state index is 13.6. The number of amides is 1. The van der Waals surface area contributed by atoms with Gasteiger partial charge in [0.2, 0.25) is 0 Å². The number of thiazole rings is 1. The largest absolute Gasteiger partial charge is 0.434 e. The lowest BCUT2D eigenvalue weighted by Crippen LogP contribution is -2.12. The molecule has 3 aromatic rings. The molecule has 8 heteroatoms. The molecule has 1 heterocycles. The molecule has 1 amide bonds. The molecule has 0 aliphatic carbocycles. The number of ether oxygens (including phenoxy) is 1. The number of halogens is 3. The van der Waals surface area contributed by atoms with Crippen LogP contribution in [0, 0.1) is 12.7 Å². The SMILES string of the molecule is Cc1ccc(C(=O)Nc2nc(-c3ccccc3OC(F)F)cs2)cc1F. The van der Waals surface area contributed by atoms with Crippen molar-refractivity contribution in [1.82, 2.24) is 4.98 Å². The number of rotatable bonds is 5. The minimum Gasteiger partial charge on any atom is -0.434 e. The lowest BCUT2D eigenvalue weighted by molar-refractivity contribution is -0.0494. The lowest BCUT2D eigenvalue weighted by Gasteiger charge is -2.08. The van der Waals surface area contributed by atoms with Crippen LogP contribution in [0.2, 0.25) is 0 Å². The molecule has 134 valence electrons. The molecule has 3 rings (SSSR count). The van der Waals surface area contributed by atoms with Crippen molar-refractivity contribution < 1.29 is 22.7 Å². The highest BCUT2D eigenvalue weighted by atomic mass is 32.1. The van der Waals surface area contributed by atoms with Crippen LogP contribution < -0.4 is 10.1 Å². The Morgan fingerprint density at radius 2 is 2.00 bits per heavy atom. The van der Waals surface area contributed by atoms with Gasteiger partial charge in [0.1, 0.15) is 11.6 Å². The quantitative estimate of drug-likeness (QED) is 0.671. The van der Waals surface area contributed by atoms with Gasteiger partial charge in [-0.3, -0.25) is 10.1 Å². The summed E-state index contributed by atoms with van der Waals surface area (Å²) in [7, 11) is 0. The fourth-order valence-electron chi connectivity index (χ4n) is 2.24. The van der Waals surface area contributed by atoms with Gasteiger partial charge in [0.25, 0.3) is 5.91 Å². The molecule has 0 aliphatic heterocycles. The number of aryl methyl sites for hydroxylation is 1. The van der Waals surface area contributed by atoms with E-state index < -0.39 is 18.3 Å². The highest BCUT2D eigenvalue weighted by molar-refractivity contribution is 7.14. The van der Waals surface area contributed by atoms with Crippen LogP contribution in [-0.2, 0) is 0 Å². The summed E-state index contributed by atoms with van der Waals surface area (Å²) in [5.74, 6) is -0.997. The van der Waals surface area contributed by atoms with E-state index in [1.54, 1.807) is 30.5 Å². The van der Waals surface area contributed by atoms with E-state index in [9.17, 15) is 18.0 Å². The molecule has 0 saturated carbocycles. The summed E-state index contributed by atoms with van der Waals surface area (Å²) < 4.78 is 43.1. The molecule has 2 aromatic carbocycles. The van der Waals surface area contributed by atoms with Crippen LogP contribution >= 0.6 is 11.3 Å². The molecule has 0 saturated heterocycles. The van der Waals surface area contributed by atoms with Crippen molar-refractivity contribution in [1.29, 1.82) is 0 Å². The first-order valence-electron chi connectivity index (χ1n) is 7.51. The molecule has 0 spiro atoms. The highest BCUT2D eigenvalue weighted by Crippen LogP contribution is 2.33. The van der Waals surface area contributed by atoms with Crippen LogP contribution in [0.3, 0.4) is 0 Å². The second-order valence-electron chi connectivity index (χ2n) is 5.33. The van der Waals surface area contributed by atoms with Crippen molar-refractivity contribution >= 4 is 22.4 Å². The number of benzene rings is 2. The Kier molecular flexibility index (Phi) is 5.22. The highest BCUT2D eigenvalue weighted by Gasteiger charge is 2.15. The first-order valence-corrected chi connectivity index (χ1v) is 8.39. The second-order valence-corrected chi connectivity index (χ2v) is 6.19. The number of hydrogen-bond acceptors (Lipinski definition) is 4. The molecule has 1 N–H and O–H groups in total. The van der Waals surface area contributed by atoms with E-state index in [1.807, 2.05) is 0 Å². The monoisotopic (exact) mass is 378 g/mol. The zero-order valence-electron chi connectivity index (χ0n) is 13.5. The summed E-state index contributed by atoms with van der Waals surface area (Å²) in [5.41, 5.74) is 1.36. The third kappa shape index (κ3) is 4.02. The maximum atomic E-state index is 13.6. The summed E-state index contributed by atoms with van der Waals surface area (Å²) in [6, 6.07) is 10.4. The Balaban J connectivity index is 1.80. The smallest absolute Gasteiger partial charge is 0.387 e. The molecule has 4 nitrogen and oxygen atoms in total. The molecule has 0 unspecified atom stereocenters. The van der Waals surface area contributed by atoms with E-state index in [1.165, 1.54) is 18.2 Å². The van der Waals surface area contributed by atoms with Crippen LogP contribution in [0.1, 0.15) is 15.9 Å². The Morgan fingerprint density at radius 1 is 1.23 bits per heavy atom. The van der Waals surface area contributed by atoms with E-state index in [4.69, 9.17) is 0 Å². The number of carbonyl (C=O) groups is 1. The van der Waals surface area contributed by atoms with E-state index >= 15 is 0 Å². The molecule has 0 atom stereocenters. The van der Waals surface area contributed by atoms with Gasteiger partial charge in [0.15, 0.2) is 5.13 Å². The van der Waals surface area contributed by atoms with Crippen molar-refractivity contribution in [3.05, 3.63) is 64.8 Å². The molecule has 0 fully saturated rings. The van der Waals surface area contributed by atoms with Gasteiger partial charge in [-0.25, -0.2) is 9.37 Å². The number of anilines is 1. The summed E-state index contributed by atoms with van der Waals surface area (Å²) in [6.45, 7) is -1.35. The normalized spacial score (nSPS) is 10.8. The number of hydrogen-bond donors (Lipinski definition) is 1. The van der Waals surface area contributed by atoms with Gasteiger partial charge >= 0.3 is 6.61 Å². The zero-order valence-corrected chi connectivity index (χ0v) is 14.3. The molecule has 0 radical (unpaired) electrons. The van der Waals surface area contributed by atoms with E-state index in [-0.39, 0.29) is 16.4 Å². The Bertz CT molecular complexity index is 944. The van der Waals surface area contributed by atoms with E-state index in [0.29, 0.717) is 16.8 Å². The van der Waals surface area contributed by atoms with Crippen LogP contribution in [0.15, 0.2) is 47.8 Å². The Labute approximate surface area is 151 Å². The van der Waals surface area contributed by atoms with Crippen LogP contribution in [0.5, 0.6) is 5.75 Å². The molecule has 26 heavy (non-hydrogen) atoms. The fraction of sp³-hybridized carbons (Fsp3) is 0.111. The average Bonchev–Trinajstić information content (AvgIpc) is 3.05. The number of nitrogens with zero attached hydrogens (tertiary/aromatic N) is 1. The van der Waals surface area contributed by atoms with Crippen molar-refractivity contribution in [3.8, 4) is 17.0 Å². The number of alkyl halides is 2. The predicted molar refractivity (Wildman–Crippen MR) is 93.3 cm³/mol. The summed E-state index contributed by atoms with van der Waals surface area (Å²) >= 11 is 1.12. The minimum atomic E-state index is -2.95. The first kappa shape index (κ1) is 17.9. The van der Waals surface area contributed by atoms with Crippen LogP contribution in [0.4, 0.5) is 18.3 Å². The third-order valence-corrected chi connectivity index (χ3v) is 4.30. The van der Waals surface area contributed by atoms with E-state index in [2.05, 4.69) is 15.0 Å². The lowest BCUT2D eigenvalue weighted by atomic mass is 10.1. The van der Waals surface area contributed by atoms with Gasteiger partial charge in [-0.1, -0.05) is 18.2 Å².